The van der Waals surface area contributed by atoms with Crippen molar-refractivity contribution in [1.82, 2.24) is 0 Å². The summed E-state index contributed by atoms with van der Waals surface area (Å²) < 4.78 is 0. The molecule has 0 saturated heterocycles. The van der Waals surface area contributed by atoms with Gasteiger partial charge in [-0.3, -0.25) is 0 Å². The van der Waals surface area contributed by atoms with E-state index in [1.54, 1.807) is 0 Å². The molecule has 0 radical (unpaired) electrons. The lowest BCUT2D eigenvalue weighted by Gasteiger charge is -2.11. The second kappa shape index (κ2) is 5.10. The summed E-state index contributed by atoms with van der Waals surface area (Å²) in [6.07, 6.45) is 0.845. The molecule has 0 aromatic heterocycles. The Hall–Kier alpha value is -1.38. The Labute approximate surface area is 95.7 Å². The number of aliphatic hydroxyl groups is 1. The molecule has 16 heavy (non-hydrogen) atoms. The number of fused-ring (bicyclic) bond motifs is 1. The third-order valence-electron chi connectivity index (χ3n) is 2.93. The minimum Gasteiger partial charge on any atom is -0.396 e. The molecule has 0 aliphatic carbocycles. The van der Waals surface area contributed by atoms with Crippen molar-refractivity contribution < 1.29 is 5.11 Å². The molecule has 1 atom stereocenters. The van der Waals surface area contributed by atoms with Crippen LogP contribution in [0.15, 0.2) is 42.5 Å². The fourth-order valence-electron chi connectivity index (χ4n) is 1.92. The second-order valence-corrected chi connectivity index (χ2v) is 4.17. The number of nitrogens with two attached hydrogens (primary N) is 1. The van der Waals surface area contributed by atoms with Gasteiger partial charge in [0.2, 0.25) is 0 Å². The van der Waals surface area contributed by atoms with Gasteiger partial charge in [-0.2, -0.15) is 0 Å². The molecule has 84 valence electrons. The van der Waals surface area contributed by atoms with E-state index in [9.17, 15) is 0 Å². The predicted octanol–water partition coefficient (Wildman–Crippen LogP) is 1.95. The van der Waals surface area contributed by atoms with E-state index in [2.05, 4.69) is 30.3 Å². The first-order valence-corrected chi connectivity index (χ1v) is 5.62. The zero-order chi connectivity index (χ0) is 11.4. The first-order valence-electron chi connectivity index (χ1n) is 5.62. The van der Waals surface area contributed by atoms with Crippen molar-refractivity contribution in [2.45, 2.75) is 6.42 Å². The number of aliphatic hydroxyl groups excluding tert-OH is 1. The van der Waals surface area contributed by atoms with Crippen molar-refractivity contribution in [2.24, 2.45) is 11.7 Å². The van der Waals surface area contributed by atoms with Crippen LogP contribution in [0.5, 0.6) is 0 Å². The number of benzene rings is 2. The van der Waals surface area contributed by atoms with Crippen LogP contribution in [0.1, 0.15) is 5.56 Å². The van der Waals surface area contributed by atoms with Crippen molar-refractivity contribution in [2.75, 3.05) is 13.2 Å². The van der Waals surface area contributed by atoms with Crippen LogP contribution in [0.4, 0.5) is 0 Å². The molecule has 1 unspecified atom stereocenters. The van der Waals surface area contributed by atoms with Gasteiger partial charge in [-0.1, -0.05) is 42.5 Å². The molecule has 2 heteroatoms. The highest BCUT2D eigenvalue weighted by Crippen LogP contribution is 2.17. The molecule has 0 amide bonds. The van der Waals surface area contributed by atoms with Crippen LogP contribution in [-0.2, 0) is 6.42 Å². The van der Waals surface area contributed by atoms with Crippen LogP contribution in [0.25, 0.3) is 10.8 Å². The monoisotopic (exact) mass is 215 g/mol. The van der Waals surface area contributed by atoms with E-state index in [4.69, 9.17) is 10.8 Å². The SMILES string of the molecule is NCC(CO)Cc1ccc2ccccc2c1. The van der Waals surface area contributed by atoms with Crippen molar-refractivity contribution in [3.05, 3.63) is 48.0 Å². The Morgan fingerprint density at radius 3 is 2.50 bits per heavy atom. The standard InChI is InChI=1S/C14H17NO/c15-9-12(10-16)7-11-5-6-13-3-1-2-4-14(13)8-11/h1-6,8,12,16H,7,9-10,15H2. The molecule has 0 aliphatic rings. The van der Waals surface area contributed by atoms with E-state index >= 15 is 0 Å². The lowest BCUT2D eigenvalue weighted by molar-refractivity contribution is 0.230. The Kier molecular flexibility index (Phi) is 3.54. The highest BCUT2D eigenvalue weighted by molar-refractivity contribution is 5.82. The Bertz CT molecular complexity index is 463. The highest BCUT2D eigenvalue weighted by Gasteiger charge is 2.06. The third-order valence-corrected chi connectivity index (χ3v) is 2.93. The molecule has 2 aromatic carbocycles. The van der Waals surface area contributed by atoms with E-state index in [-0.39, 0.29) is 12.5 Å². The van der Waals surface area contributed by atoms with Gasteiger partial charge in [-0.15, -0.1) is 0 Å². The van der Waals surface area contributed by atoms with Crippen LogP contribution in [-0.4, -0.2) is 18.3 Å². The van der Waals surface area contributed by atoms with Gasteiger partial charge in [-0.25, -0.2) is 0 Å². The summed E-state index contributed by atoms with van der Waals surface area (Å²) in [4.78, 5) is 0. The van der Waals surface area contributed by atoms with Crippen LogP contribution >= 0.6 is 0 Å². The van der Waals surface area contributed by atoms with Gasteiger partial charge in [0, 0.05) is 6.61 Å². The van der Waals surface area contributed by atoms with Gasteiger partial charge in [0.15, 0.2) is 0 Å². The van der Waals surface area contributed by atoms with Gasteiger partial charge in [-0.05, 0) is 35.2 Å². The van der Waals surface area contributed by atoms with Crippen molar-refractivity contribution >= 4 is 10.8 Å². The summed E-state index contributed by atoms with van der Waals surface area (Å²) in [7, 11) is 0. The van der Waals surface area contributed by atoms with Gasteiger partial charge in [0.05, 0.1) is 0 Å². The van der Waals surface area contributed by atoms with E-state index < -0.39 is 0 Å². The van der Waals surface area contributed by atoms with E-state index in [1.807, 2.05) is 12.1 Å². The molecule has 0 heterocycles. The van der Waals surface area contributed by atoms with Crippen LogP contribution in [0.3, 0.4) is 0 Å². The molecule has 0 saturated carbocycles. The number of hydrogen-bond donors (Lipinski definition) is 2. The molecular formula is C14H17NO. The first kappa shape index (κ1) is 11.1. The molecule has 2 nitrogen and oxygen atoms in total. The fourth-order valence-corrected chi connectivity index (χ4v) is 1.92. The Morgan fingerprint density at radius 2 is 1.81 bits per heavy atom. The third kappa shape index (κ3) is 2.40. The smallest absolute Gasteiger partial charge is 0.0474 e. The quantitative estimate of drug-likeness (QED) is 0.819. The zero-order valence-electron chi connectivity index (χ0n) is 9.26. The average molecular weight is 215 g/mol. The highest BCUT2D eigenvalue weighted by atomic mass is 16.3. The average Bonchev–Trinajstić information content (AvgIpc) is 2.35. The van der Waals surface area contributed by atoms with E-state index in [1.165, 1.54) is 16.3 Å². The van der Waals surface area contributed by atoms with Gasteiger partial charge < -0.3 is 10.8 Å². The molecule has 0 spiro atoms. The maximum Gasteiger partial charge on any atom is 0.0474 e. The van der Waals surface area contributed by atoms with Crippen molar-refractivity contribution in [3.63, 3.8) is 0 Å². The lowest BCUT2D eigenvalue weighted by atomic mass is 9.98. The van der Waals surface area contributed by atoms with Crippen LogP contribution in [0, 0.1) is 5.92 Å². The van der Waals surface area contributed by atoms with Crippen molar-refractivity contribution in [1.29, 1.82) is 0 Å². The van der Waals surface area contributed by atoms with Crippen LogP contribution < -0.4 is 5.73 Å². The summed E-state index contributed by atoms with van der Waals surface area (Å²) >= 11 is 0. The fraction of sp³-hybridized carbons (Fsp3) is 0.286. The van der Waals surface area contributed by atoms with Gasteiger partial charge in [0.25, 0.3) is 0 Å². The second-order valence-electron chi connectivity index (χ2n) is 4.17. The Balaban J connectivity index is 2.25. The maximum absolute atomic E-state index is 9.12. The Morgan fingerprint density at radius 1 is 1.06 bits per heavy atom. The van der Waals surface area contributed by atoms with Crippen molar-refractivity contribution in [3.8, 4) is 0 Å². The molecule has 0 aliphatic heterocycles. The summed E-state index contributed by atoms with van der Waals surface area (Å²) in [5, 5.41) is 11.6. The minimum atomic E-state index is 0.156. The summed E-state index contributed by atoms with van der Waals surface area (Å²) in [5.74, 6) is 0.168. The summed E-state index contributed by atoms with van der Waals surface area (Å²) in [5.41, 5.74) is 6.82. The maximum atomic E-state index is 9.12. The number of rotatable bonds is 4. The van der Waals surface area contributed by atoms with E-state index in [0.29, 0.717) is 6.54 Å². The van der Waals surface area contributed by atoms with Gasteiger partial charge >= 0.3 is 0 Å². The predicted molar refractivity (Wildman–Crippen MR) is 67.3 cm³/mol. The molecular weight excluding hydrogens is 198 g/mol. The number of hydrogen-bond acceptors (Lipinski definition) is 2. The molecule has 0 bridgehead atoms. The zero-order valence-corrected chi connectivity index (χ0v) is 9.26. The minimum absolute atomic E-state index is 0.156. The normalized spacial score (nSPS) is 12.9. The lowest BCUT2D eigenvalue weighted by Crippen LogP contribution is -2.20. The summed E-state index contributed by atoms with van der Waals surface area (Å²) in [6.45, 7) is 0.687. The first-order chi connectivity index (χ1) is 7.83. The largest absolute Gasteiger partial charge is 0.396 e. The van der Waals surface area contributed by atoms with Gasteiger partial charge in [0.1, 0.15) is 0 Å². The summed E-state index contributed by atoms with van der Waals surface area (Å²) in [6, 6.07) is 14.7. The van der Waals surface area contributed by atoms with Crippen LogP contribution in [0.2, 0.25) is 0 Å². The topological polar surface area (TPSA) is 46.2 Å². The molecule has 2 aromatic rings. The molecule has 0 fully saturated rings. The molecule has 3 N–H and O–H groups in total. The van der Waals surface area contributed by atoms with E-state index in [0.717, 1.165) is 6.42 Å². The molecule has 2 rings (SSSR count).